The van der Waals surface area contributed by atoms with Gasteiger partial charge in [-0.25, -0.2) is 4.79 Å². The Hall–Kier alpha value is -1.62. The van der Waals surface area contributed by atoms with Crippen LogP contribution in [0.2, 0.25) is 0 Å². The Balaban J connectivity index is 1.63. The Bertz CT molecular complexity index is 850. The Morgan fingerprint density at radius 2 is 2.07 bits per heavy atom. The van der Waals surface area contributed by atoms with Crippen molar-refractivity contribution in [3.05, 3.63) is 24.3 Å². The largest absolute Gasteiger partial charge is 0.453 e. The van der Waals surface area contributed by atoms with Gasteiger partial charge in [0.25, 0.3) is 0 Å². The Kier molecular flexibility index (Phi) is 3.03. The highest BCUT2D eigenvalue weighted by Gasteiger charge is 2.85. The van der Waals surface area contributed by atoms with Crippen molar-refractivity contribution in [1.82, 2.24) is 4.90 Å². The van der Waals surface area contributed by atoms with Crippen molar-refractivity contribution >= 4 is 11.9 Å². The number of likely N-dealkylation sites (tertiary alicyclic amines) is 1. The smallest absolute Gasteiger partial charge is 0.409 e. The maximum Gasteiger partial charge on any atom is 0.409 e. The van der Waals surface area contributed by atoms with Gasteiger partial charge in [-0.05, 0) is 54.4 Å². The number of methoxy groups -OCH3 is 2. The second kappa shape index (κ2) is 4.92. The van der Waals surface area contributed by atoms with Crippen molar-refractivity contribution in [3.63, 3.8) is 0 Å². The molecular weight excluding hydrogens is 354 g/mol. The minimum atomic E-state index is -0.501. The van der Waals surface area contributed by atoms with E-state index in [1.54, 1.807) is 0 Å². The summed E-state index contributed by atoms with van der Waals surface area (Å²) < 4.78 is 11.4. The van der Waals surface area contributed by atoms with Crippen molar-refractivity contribution in [2.75, 3.05) is 20.8 Å². The minimum Gasteiger partial charge on any atom is -0.453 e. The van der Waals surface area contributed by atoms with E-state index in [1.165, 1.54) is 7.11 Å². The van der Waals surface area contributed by atoms with Gasteiger partial charge in [-0.1, -0.05) is 25.7 Å². The van der Waals surface area contributed by atoms with Crippen LogP contribution >= 0.6 is 0 Å². The minimum absolute atomic E-state index is 0.0199. The van der Waals surface area contributed by atoms with Crippen LogP contribution in [0.4, 0.5) is 4.79 Å². The van der Waals surface area contributed by atoms with Crippen LogP contribution in [-0.4, -0.2) is 49.7 Å². The molecule has 5 nitrogen and oxygen atoms in total. The average molecular weight is 383 g/mol. The first-order valence-corrected chi connectivity index (χ1v) is 10.7. The molecule has 0 aromatic rings. The molecule has 4 saturated carbocycles. The summed E-state index contributed by atoms with van der Waals surface area (Å²) in [4.78, 5) is 28.5. The molecule has 1 aliphatic heterocycles. The topological polar surface area (TPSA) is 55.8 Å². The second-order valence-electron chi connectivity index (χ2n) is 10.4. The zero-order valence-electron chi connectivity index (χ0n) is 16.9. The molecule has 0 N–H and O–H groups in total. The van der Waals surface area contributed by atoms with Gasteiger partial charge in [0.05, 0.1) is 18.6 Å². The van der Waals surface area contributed by atoms with Gasteiger partial charge >= 0.3 is 6.09 Å². The molecule has 6 unspecified atom stereocenters. The zero-order valence-corrected chi connectivity index (χ0v) is 16.9. The predicted octanol–water partition coefficient (Wildman–Crippen LogP) is 3.21. The summed E-state index contributed by atoms with van der Waals surface area (Å²) in [6.07, 6.45) is 8.31. The molecule has 1 saturated heterocycles. The molecule has 7 rings (SSSR count). The van der Waals surface area contributed by atoms with Crippen LogP contribution in [0.1, 0.15) is 32.6 Å². The monoisotopic (exact) mass is 383 g/mol. The third kappa shape index (κ3) is 1.46. The van der Waals surface area contributed by atoms with Crippen LogP contribution in [0, 0.1) is 39.9 Å². The highest BCUT2D eigenvalue weighted by Crippen LogP contribution is 2.82. The van der Waals surface area contributed by atoms with Crippen LogP contribution in [0.25, 0.3) is 0 Å². The number of ether oxygens (including phenoxy) is 2. The molecule has 1 heterocycles. The number of nitrogens with zero attached hydrogens (tertiary/aromatic N) is 1. The molecule has 2 spiro atoms. The highest BCUT2D eigenvalue weighted by atomic mass is 16.5. The molecule has 6 aliphatic carbocycles. The summed E-state index contributed by atoms with van der Waals surface area (Å²) in [5.74, 6) is 1.25. The standard InChI is InChI=1S/C23H29NO4/c1-12-13-5-8-22(19(12)25)14-10-15-21(2)7-6-17(27-3)23(15,16(22)9-13)18(14)24(11-21)20(26)28-4/h5,8,13-18H,1,6-7,9-11H2,2-4H3/t13?,14-,15-,16?,17?,18?,21?,22+,23?/m1/s1. The van der Waals surface area contributed by atoms with Crippen molar-refractivity contribution < 1.29 is 19.1 Å². The number of carbonyl (C=O) groups is 2. The SMILES string of the molecule is C=C1C(=O)[C@]23C=CC1CC2C12C(OC)CCC4(C)CN(C(=O)OC)C1[C@H]3C[C@H]42. The summed E-state index contributed by atoms with van der Waals surface area (Å²) in [5.41, 5.74) is 0.183. The summed E-state index contributed by atoms with van der Waals surface area (Å²) in [5, 5.41) is 0. The first-order valence-electron chi connectivity index (χ1n) is 10.7. The van der Waals surface area contributed by atoms with Gasteiger partial charge in [-0.2, -0.15) is 0 Å². The lowest BCUT2D eigenvalue weighted by atomic mass is 9.41. The molecule has 5 fully saturated rings. The number of hydrogen-bond acceptors (Lipinski definition) is 4. The number of hydrogen-bond donors (Lipinski definition) is 0. The van der Waals surface area contributed by atoms with E-state index < -0.39 is 5.41 Å². The molecule has 0 aromatic carbocycles. The van der Waals surface area contributed by atoms with Crippen LogP contribution in [0.15, 0.2) is 24.3 Å². The lowest BCUT2D eigenvalue weighted by molar-refractivity contribution is -0.206. The number of fused-ring (bicyclic) bond motifs is 1. The third-order valence-electron chi connectivity index (χ3n) is 9.94. The molecule has 7 aliphatic rings. The zero-order chi connectivity index (χ0) is 19.6. The number of allylic oxidation sites excluding steroid dienone is 3. The molecule has 0 aromatic heterocycles. The third-order valence-corrected chi connectivity index (χ3v) is 9.94. The van der Waals surface area contributed by atoms with Crippen LogP contribution in [0.3, 0.4) is 0 Å². The maximum absolute atomic E-state index is 13.6. The van der Waals surface area contributed by atoms with Gasteiger partial charge in [0.15, 0.2) is 5.78 Å². The summed E-state index contributed by atoms with van der Waals surface area (Å²) >= 11 is 0. The fraction of sp³-hybridized carbons (Fsp3) is 0.739. The fourth-order valence-corrected chi connectivity index (χ4v) is 9.27. The van der Waals surface area contributed by atoms with Gasteiger partial charge in [0.1, 0.15) is 0 Å². The van der Waals surface area contributed by atoms with Gasteiger partial charge in [0, 0.05) is 31.0 Å². The molecule has 7 bridgehead atoms. The van der Waals surface area contributed by atoms with Crippen molar-refractivity contribution in [2.24, 2.45) is 39.9 Å². The average Bonchev–Trinajstić information content (AvgIpc) is 3.12. The number of ketones is 1. The first-order chi connectivity index (χ1) is 13.4. The molecular formula is C23H29NO4. The van der Waals surface area contributed by atoms with E-state index in [2.05, 4.69) is 25.7 Å². The Morgan fingerprint density at radius 3 is 2.79 bits per heavy atom. The Labute approximate surface area is 166 Å². The van der Waals surface area contributed by atoms with Crippen molar-refractivity contribution in [1.29, 1.82) is 0 Å². The number of carbonyl (C=O) groups excluding carboxylic acids is 2. The van der Waals surface area contributed by atoms with E-state index in [9.17, 15) is 9.59 Å². The number of Topliss-reactive ketones (excluding diaryl/α,β-unsaturated/α-hetero) is 1. The molecule has 28 heavy (non-hydrogen) atoms. The molecule has 5 heteroatoms. The normalized spacial score (nSPS) is 54.9. The molecule has 1 amide bonds. The van der Waals surface area contributed by atoms with E-state index in [4.69, 9.17) is 9.47 Å². The van der Waals surface area contributed by atoms with Crippen LogP contribution < -0.4 is 0 Å². The van der Waals surface area contributed by atoms with Gasteiger partial charge in [-0.3, -0.25) is 4.79 Å². The maximum atomic E-state index is 13.6. The summed E-state index contributed by atoms with van der Waals surface area (Å²) in [6.45, 7) is 7.25. The van der Waals surface area contributed by atoms with Crippen molar-refractivity contribution in [3.8, 4) is 0 Å². The van der Waals surface area contributed by atoms with E-state index in [0.29, 0.717) is 5.92 Å². The van der Waals surface area contributed by atoms with Gasteiger partial charge in [-0.15, -0.1) is 0 Å². The van der Waals surface area contributed by atoms with Gasteiger partial charge < -0.3 is 14.4 Å². The summed E-state index contributed by atoms with van der Waals surface area (Å²) in [7, 11) is 3.29. The van der Waals surface area contributed by atoms with E-state index in [-0.39, 0.29) is 52.6 Å². The molecule has 150 valence electrons. The lowest BCUT2D eigenvalue weighted by Gasteiger charge is -2.66. The van der Waals surface area contributed by atoms with E-state index in [1.807, 2.05) is 12.0 Å². The fourth-order valence-electron chi connectivity index (χ4n) is 9.27. The second-order valence-corrected chi connectivity index (χ2v) is 10.4. The van der Waals surface area contributed by atoms with Crippen LogP contribution in [-0.2, 0) is 14.3 Å². The Morgan fingerprint density at radius 1 is 1.29 bits per heavy atom. The van der Waals surface area contributed by atoms with Crippen molar-refractivity contribution in [2.45, 2.75) is 44.8 Å². The number of piperidine rings is 1. The predicted molar refractivity (Wildman–Crippen MR) is 102 cm³/mol. The molecule has 9 atom stereocenters. The lowest BCUT2D eigenvalue weighted by Crippen LogP contribution is -2.69. The molecule has 0 radical (unpaired) electrons. The highest BCUT2D eigenvalue weighted by molar-refractivity contribution is 6.05. The first kappa shape index (κ1) is 17.3. The van der Waals surface area contributed by atoms with Crippen LogP contribution in [0.5, 0.6) is 0 Å². The van der Waals surface area contributed by atoms with Gasteiger partial charge in [0.2, 0.25) is 0 Å². The summed E-state index contributed by atoms with van der Waals surface area (Å²) in [6, 6.07) is 0.0199. The number of amides is 1. The van der Waals surface area contributed by atoms with E-state index in [0.717, 1.165) is 37.8 Å². The number of rotatable bonds is 1. The quantitative estimate of drug-likeness (QED) is 0.515. The van der Waals surface area contributed by atoms with E-state index >= 15 is 0 Å².